The molecule has 5 rings (SSSR count). The van der Waals surface area contributed by atoms with Crippen LogP contribution in [-0.4, -0.2) is 19.3 Å². The number of benzene rings is 1. The van der Waals surface area contributed by atoms with Gasteiger partial charge in [-0.1, -0.05) is 26.0 Å². The quantitative estimate of drug-likeness (QED) is 0.794. The number of hydrogen-bond donors (Lipinski definition) is 1. The molecule has 4 fully saturated rings. The van der Waals surface area contributed by atoms with Gasteiger partial charge in [0.2, 0.25) is 0 Å². The highest BCUT2D eigenvalue weighted by molar-refractivity contribution is 5.46. The molecule has 4 bridgehead atoms. The minimum Gasteiger partial charge on any atom is -0.493 e. The standard InChI is InChI=1S/C22H33NO2/c1-5-25-19-17(7-6-8-18(19)24-4)12-23-22-11-16-9-20(2,14-22)13-21(3,10-16)15-22/h6-8,16,23H,5,9-15H2,1-4H3/t16?,20-,21+,22?. The van der Waals surface area contributed by atoms with Crippen LogP contribution in [0.1, 0.15) is 64.9 Å². The van der Waals surface area contributed by atoms with E-state index >= 15 is 0 Å². The first-order valence-corrected chi connectivity index (χ1v) is 9.92. The average molecular weight is 344 g/mol. The number of rotatable bonds is 6. The summed E-state index contributed by atoms with van der Waals surface area (Å²) >= 11 is 0. The molecular weight excluding hydrogens is 310 g/mol. The van der Waals surface area contributed by atoms with Gasteiger partial charge < -0.3 is 14.8 Å². The average Bonchev–Trinajstić information content (AvgIpc) is 2.50. The van der Waals surface area contributed by atoms with Gasteiger partial charge in [-0.25, -0.2) is 0 Å². The molecule has 0 amide bonds. The molecule has 0 aromatic heterocycles. The van der Waals surface area contributed by atoms with Crippen LogP contribution < -0.4 is 14.8 Å². The summed E-state index contributed by atoms with van der Waals surface area (Å²) in [5, 5.41) is 4.01. The molecule has 0 radical (unpaired) electrons. The maximum absolute atomic E-state index is 5.91. The van der Waals surface area contributed by atoms with Gasteiger partial charge in [-0.3, -0.25) is 0 Å². The number of methoxy groups -OCH3 is 1. The highest BCUT2D eigenvalue weighted by Crippen LogP contribution is 2.66. The van der Waals surface area contributed by atoms with Gasteiger partial charge in [-0.05, 0) is 68.3 Å². The van der Waals surface area contributed by atoms with Crippen LogP contribution in [0.5, 0.6) is 11.5 Å². The first-order valence-electron chi connectivity index (χ1n) is 9.92. The van der Waals surface area contributed by atoms with Crippen molar-refractivity contribution >= 4 is 0 Å². The lowest BCUT2D eigenvalue weighted by atomic mass is 9.43. The van der Waals surface area contributed by atoms with Crippen LogP contribution in [0.4, 0.5) is 0 Å². The van der Waals surface area contributed by atoms with Gasteiger partial charge in [0.15, 0.2) is 11.5 Å². The Kier molecular flexibility index (Phi) is 4.06. The largest absolute Gasteiger partial charge is 0.493 e. The van der Waals surface area contributed by atoms with E-state index in [1.807, 2.05) is 13.0 Å². The van der Waals surface area contributed by atoms with E-state index in [0.29, 0.717) is 23.0 Å². The van der Waals surface area contributed by atoms with Crippen LogP contribution in [0.15, 0.2) is 18.2 Å². The molecule has 2 unspecified atom stereocenters. The zero-order chi connectivity index (χ0) is 17.7. The Morgan fingerprint density at radius 3 is 2.40 bits per heavy atom. The van der Waals surface area contributed by atoms with Gasteiger partial charge in [0, 0.05) is 17.6 Å². The summed E-state index contributed by atoms with van der Waals surface area (Å²) in [7, 11) is 1.72. The SMILES string of the molecule is CCOc1c(CNC23CC4C[C@@](C)(C2)C[C@](C)(C4)C3)cccc1OC. The first kappa shape index (κ1) is 17.2. The molecule has 4 aliphatic rings. The molecule has 3 heteroatoms. The van der Waals surface area contributed by atoms with Crippen molar-refractivity contribution in [3.05, 3.63) is 23.8 Å². The van der Waals surface area contributed by atoms with E-state index < -0.39 is 0 Å². The molecule has 1 aromatic carbocycles. The third-order valence-corrected chi connectivity index (χ3v) is 6.85. The molecule has 4 atom stereocenters. The van der Waals surface area contributed by atoms with Crippen LogP contribution in [0.25, 0.3) is 0 Å². The molecule has 0 aliphatic heterocycles. The van der Waals surface area contributed by atoms with E-state index in [-0.39, 0.29) is 0 Å². The predicted octanol–water partition coefficient (Wildman–Crippen LogP) is 4.93. The van der Waals surface area contributed by atoms with Crippen LogP contribution in [0.3, 0.4) is 0 Å². The lowest BCUT2D eigenvalue weighted by Gasteiger charge is -2.65. The Hall–Kier alpha value is -1.22. The topological polar surface area (TPSA) is 30.5 Å². The van der Waals surface area contributed by atoms with E-state index in [9.17, 15) is 0 Å². The summed E-state index contributed by atoms with van der Waals surface area (Å²) in [5.74, 6) is 2.66. The maximum atomic E-state index is 5.91. The Bertz CT molecular complexity index is 637. The van der Waals surface area contributed by atoms with Gasteiger partial charge in [0.25, 0.3) is 0 Å². The molecule has 1 aromatic rings. The summed E-state index contributed by atoms with van der Waals surface area (Å²) in [6, 6.07) is 6.23. The highest BCUT2D eigenvalue weighted by Gasteiger charge is 2.59. The molecule has 0 saturated heterocycles. The number of hydrogen-bond acceptors (Lipinski definition) is 3. The molecule has 4 aliphatic carbocycles. The third kappa shape index (κ3) is 3.05. The van der Waals surface area contributed by atoms with E-state index in [1.54, 1.807) is 7.11 Å². The fourth-order valence-electron chi connectivity index (χ4n) is 7.10. The molecule has 0 spiro atoms. The second kappa shape index (κ2) is 5.90. The van der Waals surface area contributed by atoms with Gasteiger partial charge >= 0.3 is 0 Å². The number of ether oxygens (including phenoxy) is 2. The predicted molar refractivity (Wildman–Crippen MR) is 101 cm³/mol. The monoisotopic (exact) mass is 343 g/mol. The lowest BCUT2D eigenvalue weighted by molar-refractivity contribution is -0.118. The van der Waals surface area contributed by atoms with Crippen LogP contribution in [0.2, 0.25) is 0 Å². The summed E-state index contributed by atoms with van der Waals surface area (Å²) in [6.07, 6.45) is 8.32. The molecule has 4 saturated carbocycles. The molecule has 3 nitrogen and oxygen atoms in total. The van der Waals surface area contributed by atoms with Gasteiger partial charge in [-0.2, -0.15) is 0 Å². The number of nitrogens with one attached hydrogen (secondary N) is 1. The molecule has 1 N–H and O–H groups in total. The normalized spacial score (nSPS) is 38.8. The summed E-state index contributed by atoms with van der Waals surface area (Å²) in [6.45, 7) is 8.62. The minimum atomic E-state index is 0.315. The van der Waals surface area contributed by atoms with Crippen molar-refractivity contribution in [1.29, 1.82) is 0 Å². The van der Waals surface area contributed by atoms with Crippen molar-refractivity contribution in [1.82, 2.24) is 5.32 Å². The Labute approximate surface area is 152 Å². The van der Waals surface area contributed by atoms with Crippen molar-refractivity contribution in [2.75, 3.05) is 13.7 Å². The Balaban J connectivity index is 1.56. The summed E-state index contributed by atoms with van der Waals surface area (Å²) in [4.78, 5) is 0. The smallest absolute Gasteiger partial charge is 0.165 e. The van der Waals surface area contributed by atoms with Crippen molar-refractivity contribution in [2.45, 2.75) is 71.4 Å². The zero-order valence-electron chi connectivity index (χ0n) is 16.3. The molecule has 138 valence electrons. The van der Waals surface area contributed by atoms with Crippen LogP contribution >= 0.6 is 0 Å². The molecular formula is C22H33NO2. The minimum absolute atomic E-state index is 0.315. The zero-order valence-corrected chi connectivity index (χ0v) is 16.3. The van der Waals surface area contributed by atoms with Gasteiger partial charge in [0.05, 0.1) is 13.7 Å². The number of para-hydroxylation sites is 1. The van der Waals surface area contributed by atoms with Crippen molar-refractivity contribution < 1.29 is 9.47 Å². The van der Waals surface area contributed by atoms with E-state index in [1.165, 1.54) is 44.1 Å². The fourth-order valence-corrected chi connectivity index (χ4v) is 7.10. The van der Waals surface area contributed by atoms with E-state index in [4.69, 9.17) is 9.47 Å². The van der Waals surface area contributed by atoms with Gasteiger partial charge in [-0.15, -0.1) is 0 Å². The van der Waals surface area contributed by atoms with Crippen LogP contribution in [-0.2, 0) is 6.54 Å². The Morgan fingerprint density at radius 2 is 1.80 bits per heavy atom. The fraction of sp³-hybridized carbons (Fsp3) is 0.727. The van der Waals surface area contributed by atoms with E-state index in [2.05, 4.69) is 31.3 Å². The van der Waals surface area contributed by atoms with Crippen molar-refractivity contribution in [3.8, 4) is 11.5 Å². The summed E-state index contributed by atoms with van der Waals surface area (Å²) in [5.41, 5.74) is 2.61. The molecule has 25 heavy (non-hydrogen) atoms. The van der Waals surface area contributed by atoms with E-state index in [0.717, 1.165) is 24.0 Å². The van der Waals surface area contributed by atoms with Crippen molar-refractivity contribution in [2.24, 2.45) is 16.7 Å². The highest BCUT2D eigenvalue weighted by atomic mass is 16.5. The molecule has 0 heterocycles. The second-order valence-electron chi connectivity index (χ2n) is 9.65. The third-order valence-electron chi connectivity index (χ3n) is 6.85. The Morgan fingerprint density at radius 1 is 1.08 bits per heavy atom. The van der Waals surface area contributed by atoms with Crippen molar-refractivity contribution in [3.63, 3.8) is 0 Å². The lowest BCUT2D eigenvalue weighted by Crippen LogP contribution is -2.63. The second-order valence-corrected chi connectivity index (χ2v) is 9.65. The summed E-state index contributed by atoms with van der Waals surface area (Å²) < 4.78 is 11.4. The van der Waals surface area contributed by atoms with Crippen LogP contribution in [0, 0.1) is 16.7 Å². The first-order chi connectivity index (χ1) is 11.9. The maximum Gasteiger partial charge on any atom is 0.165 e. The van der Waals surface area contributed by atoms with Gasteiger partial charge in [0.1, 0.15) is 0 Å².